The molecule has 2 aromatic heterocycles. The van der Waals surface area contributed by atoms with Gasteiger partial charge in [-0.3, -0.25) is 0 Å². The number of ether oxygens (including phenoxy) is 1. The lowest BCUT2D eigenvalue weighted by atomic mass is 10.2. The van der Waals surface area contributed by atoms with E-state index >= 15 is 0 Å². The first-order valence-corrected chi connectivity index (χ1v) is 8.30. The quantitative estimate of drug-likeness (QED) is 0.599. The van der Waals surface area contributed by atoms with Gasteiger partial charge in [-0.2, -0.15) is 4.98 Å². The first-order chi connectivity index (χ1) is 10.7. The molecule has 0 aliphatic rings. The Bertz CT molecular complexity index is 828. The molecule has 4 nitrogen and oxygen atoms in total. The Morgan fingerprint density at radius 2 is 2.27 bits per heavy atom. The number of methoxy groups -OCH3 is 1. The van der Waals surface area contributed by atoms with Gasteiger partial charge in [0.1, 0.15) is 10.8 Å². The molecule has 0 N–H and O–H groups in total. The van der Waals surface area contributed by atoms with Crippen molar-refractivity contribution in [2.75, 3.05) is 7.11 Å². The van der Waals surface area contributed by atoms with E-state index in [0.29, 0.717) is 10.9 Å². The van der Waals surface area contributed by atoms with Crippen LogP contribution < -0.4 is 4.74 Å². The van der Waals surface area contributed by atoms with Crippen LogP contribution in [0, 0.1) is 0 Å². The van der Waals surface area contributed by atoms with Gasteiger partial charge in [0.2, 0.25) is 5.82 Å². The van der Waals surface area contributed by atoms with Crippen LogP contribution in [0.4, 0.5) is 0 Å². The molecule has 3 rings (SSSR count). The Hall–Kier alpha value is -1.63. The molecule has 0 aliphatic carbocycles. The molecule has 0 atom stereocenters. The van der Waals surface area contributed by atoms with Crippen LogP contribution in [0.5, 0.6) is 5.75 Å². The smallest absolute Gasteiger partial charge is 0.269 e. The SMILES string of the molecule is COc1cccc(-c2noc(/C(Cl)=C/c3cc(Br)cs3)n2)c1. The minimum Gasteiger partial charge on any atom is -0.497 e. The van der Waals surface area contributed by atoms with Gasteiger partial charge in [-0.05, 0) is 40.2 Å². The fraction of sp³-hybridized carbons (Fsp3) is 0.0667. The van der Waals surface area contributed by atoms with Gasteiger partial charge in [-0.25, -0.2) is 0 Å². The Kier molecular flexibility index (Phi) is 4.61. The third kappa shape index (κ3) is 3.40. The summed E-state index contributed by atoms with van der Waals surface area (Å²) < 4.78 is 11.4. The highest BCUT2D eigenvalue weighted by atomic mass is 79.9. The van der Waals surface area contributed by atoms with Gasteiger partial charge in [0.25, 0.3) is 5.89 Å². The molecule has 3 aromatic rings. The molecule has 0 aliphatic heterocycles. The summed E-state index contributed by atoms with van der Waals surface area (Å²) in [4.78, 5) is 5.32. The Morgan fingerprint density at radius 3 is 3.00 bits per heavy atom. The summed E-state index contributed by atoms with van der Waals surface area (Å²) >= 11 is 11.2. The number of hydrogen-bond donors (Lipinski definition) is 0. The zero-order valence-electron chi connectivity index (χ0n) is 11.4. The Labute approximate surface area is 144 Å². The molecule has 0 bridgehead atoms. The summed E-state index contributed by atoms with van der Waals surface area (Å²) in [6, 6.07) is 9.40. The minimum atomic E-state index is 0.281. The lowest BCUT2D eigenvalue weighted by Gasteiger charge is -1.99. The molecule has 22 heavy (non-hydrogen) atoms. The summed E-state index contributed by atoms with van der Waals surface area (Å²) in [5.41, 5.74) is 0.803. The van der Waals surface area contributed by atoms with Gasteiger partial charge in [0.05, 0.1) is 7.11 Å². The second kappa shape index (κ2) is 6.64. The molecule has 0 spiro atoms. The van der Waals surface area contributed by atoms with Crippen molar-refractivity contribution in [1.82, 2.24) is 10.1 Å². The average Bonchev–Trinajstić information content (AvgIpc) is 3.16. The van der Waals surface area contributed by atoms with E-state index in [1.807, 2.05) is 35.7 Å². The van der Waals surface area contributed by atoms with Crippen molar-refractivity contribution < 1.29 is 9.26 Å². The molecule has 0 radical (unpaired) electrons. The molecular formula is C15H10BrClN2O2S. The second-order valence-corrected chi connectivity index (χ2v) is 6.58. The average molecular weight is 398 g/mol. The fourth-order valence-corrected chi connectivity index (χ4v) is 3.43. The maximum absolute atomic E-state index is 6.24. The number of nitrogens with zero attached hydrogens (tertiary/aromatic N) is 2. The van der Waals surface area contributed by atoms with Gasteiger partial charge in [-0.15, -0.1) is 11.3 Å². The number of aromatic nitrogens is 2. The van der Waals surface area contributed by atoms with Crippen molar-refractivity contribution in [2.45, 2.75) is 0 Å². The molecule has 2 heterocycles. The summed E-state index contributed by atoms with van der Waals surface area (Å²) in [5, 5.41) is 6.33. The molecule has 0 saturated heterocycles. The largest absolute Gasteiger partial charge is 0.497 e. The second-order valence-electron chi connectivity index (χ2n) is 4.31. The van der Waals surface area contributed by atoms with Gasteiger partial charge in [0, 0.05) is 20.3 Å². The van der Waals surface area contributed by atoms with Gasteiger partial charge in [-0.1, -0.05) is 28.9 Å². The van der Waals surface area contributed by atoms with E-state index in [4.69, 9.17) is 20.9 Å². The molecule has 0 saturated carbocycles. The van der Waals surface area contributed by atoms with Gasteiger partial charge >= 0.3 is 0 Å². The van der Waals surface area contributed by atoms with Crippen molar-refractivity contribution in [3.63, 3.8) is 0 Å². The summed E-state index contributed by atoms with van der Waals surface area (Å²) in [5.74, 6) is 1.48. The van der Waals surface area contributed by atoms with Crippen LogP contribution in [0.25, 0.3) is 22.5 Å². The normalized spacial score (nSPS) is 11.7. The topological polar surface area (TPSA) is 48.2 Å². The lowest BCUT2D eigenvalue weighted by molar-refractivity contribution is 0.409. The first kappa shape index (κ1) is 15.3. The van der Waals surface area contributed by atoms with E-state index in [9.17, 15) is 0 Å². The van der Waals surface area contributed by atoms with Crippen molar-refractivity contribution in [3.8, 4) is 17.1 Å². The number of halogens is 2. The molecule has 0 fully saturated rings. The van der Waals surface area contributed by atoms with Crippen molar-refractivity contribution in [1.29, 1.82) is 0 Å². The van der Waals surface area contributed by atoms with E-state index in [0.717, 1.165) is 20.7 Å². The van der Waals surface area contributed by atoms with Crippen LogP contribution in [-0.4, -0.2) is 17.3 Å². The highest BCUT2D eigenvalue weighted by Gasteiger charge is 2.12. The maximum Gasteiger partial charge on any atom is 0.269 e. The van der Waals surface area contributed by atoms with Crippen molar-refractivity contribution >= 4 is 50.0 Å². The Morgan fingerprint density at radius 1 is 1.41 bits per heavy atom. The fourth-order valence-electron chi connectivity index (χ4n) is 1.79. The first-order valence-electron chi connectivity index (χ1n) is 6.25. The highest BCUT2D eigenvalue weighted by Crippen LogP contribution is 2.28. The zero-order chi connectivity index (χ0) is 15.5. The predicted molar refractivity (Wildman–Crippen MR) is 92.0 cm³/mol. The van der Waals surface area contributed by atoms with Crippen LogP contribution in [0.2, 0.25) is 0 Å². The van der Waals surface area contributed by atoms with Crippen molar-refractivity contribution in [3.05, 3.63) is 51.0 Å². The van der Waals surface area contributed by atoms with Gasteiger partial charge in [0.15, 0.2) is 0 Å². The van der Waals surface area contributed by atoms with Crippen molar-refractivity contribution in [2.24, 2.45) is 0 Å². The molecule has 0 amide bonds. The molecule has 112 valence electrons. The third-order valence-electron chi connectivity index (χ3n) is 2.81. The third-order valence-corrected chi connectivity index (χ3v) is 4.73. The van der Waals surface area contributed by atoms with E-state index < -0.39 is 0 Å². The molecular weight excluding hydrogens is 388 g/mol. The summed E-state index contributed by atoms with van der Waals surface area (Å²) in [6.07, 6.45) is 1.79. The number of rotatable bonds is 4. The van der Waals surface area contributed by atoms with Gasteiger partial charge < -0.3 is 9.26 Å². The van der Waals surface area contributed by atoms with E-state index in [2.05, 4.69) is 26.1 Å². The maximum atomic E-state index is 6.24. The van der Waals surface area contributed by atoms with Crippen LogP contribution in [0.15, 0.2) is 44.7 Å². The van der Waals surface area contributed by atoms with Crippen LogP contribution >= 0.6 is 38.9 Å². The standard InChI is InChI=1S/C15H10BrClN2O2S/c1-20-11-4-2-3-9(5-11)14-18-15(21-19-14)13(17)7-12-6-10(16)8-22-12/h2-8H,1H3/b13-7-. The lowest BCUT2D eigenvalue weighted by Crippen LogP contribution is -1.85. The highest BCUT2D eigenvalue weighted by molar-refractivity contribution is 9.10. The molecule has 0 unspecified atom stereocenters. The number of thiophene rings is 1. The van der Waals surface area contributed by atoms with Crippen LogP contribution in [-0.2, 0) is 0 Å². The van der Waals surface area contributed by atoms with Crippen LogP contribution in [0.3, 0.4) is 0 Å². The van der Waals surface area contributed by atoms with E-state index in [1.165, 1.54) is 0 Å². The summed E-state index contributed by atoms with van der Waals surface area (Å²) in [7, 11) is 1.61. The number of hydrogen-bond acceptors (Lipinski definition) is 5. The Balaban J connectivity index is 1.88. The monoisotopic (exact) mass is 396 g/mol. The number of benzene rings is 1. The van der Waals surface area contributed by atoms with E-state index in [-0.39, 0.29) is 5.89 Å². The van der Waals surface area contributed by atoms with E-state index in [1.54, 1.807) is 24.5 Å². The molecule has 1 aromatic carbocycles. The minimum absolute atomic E-state index is 0.281. The zero-order valence-corrected chi connectivity index (χ0v) is 14.6. The summed E-state index contributed by atoms with van der Waals surface area (Å²) in [6.45, 7) is 0. The predicted octanol–water partition coefficient (Wildman–Crippen LogP) is 5.31. The van der Waals surface area contributed by atoms with Crippen LogP contribution in [0.1, 0.15) is 10.8 Å². The molecule has 7 heteroatoms.